The van der Waals surface area contributed by atoms with E-state index < -0.39 is 6.10 Å². The molecule has 2 atom stereocenters. The molecule has 0 saturated carbocycles. The lowest BCUT2D eigenvalue weighted by Crippen LogP contribution is -2.39. The van der Waals surface area contributed by atoms with Gasteiger partial charge in [0.15, 0.2) is 0 Å². The van der Waals surface area contributed by atoms with Crippen LogP contribution in [0.3, 0.4) is 0 Å². The molecule has 2 aromatic rings. The molecule has 9 heteroatoms. The number of nitrogens with one attached hydrogen (secondary N) is 1. The molecule has 2 N–H and O–H groups in total. The Morgan fingerprint density at radius 1 is 1.16 bits per heavy atom. The van der Waals surface area contributed by atoms with Crippen molar-refractivity contribution in [3.63, 3.8) is 0 Å². The van der Waals surface area contributed by atoms with Crippen molar-refractivity contribution in [2.24, 2.45) is 5.92 Å². The minimum Gasteiger partial charge on any atom is -0.391 e. The average molecular weight is 469 g/mol. The van der Waals surface area contributed by atoms with Crippen LogP contribution in [0, 0.1) is 12.8 Å². The van der Waals surface area contributed by atoms with E-state index in [1.807, 2.05) is 31.3 Å². The minimum absolute atomic E-state index is 0. The molecule has 170 valence electrons. The van der Waals surface area contributed by atoms with Gasteiger partial charge in [0.25, 0.3) is 11.5 Å². The lowest BCUT2D eigenvalue weighted by atomic mass is 9.97. The third kappa shape index (κ3) is 5.47. The number of halogens is 2. The van der Waals surface area contributed by atoms with Gasteiger partial charge in [-0.1, -0.05) is 0 Å². The van der Waals surface area contributed by atoms with Crippen molar-refractivity contribution in [1.29, 1.82) is 0 Å². The van der Waals surface area contributed by atoms with Gasteiger partial charge < -0.3 is 19.9 Å². The summed E-state index contributed by atoms with van der Waals surface area (Å²) in [6, 6.07) is 5.84. The van der Waals surface area contributed by atoms with Gasteiger partial charge in [0.05, 0.1) is 6.10 Å². The summed E-state index contributed by atoms with van der Waals surface area (Å²) in [5.41, 5.74) is 1.80. The van der Waals surface area contributed by atoms with Gasteiger partial charge in [0.1, 0.15) is 5.56 Å². The standard InChI is InChI=1S/C22H28N4O3.2ClH/c1-15-6-11-26(18-4-9-24-10-5-18)22(29)20(15)21(28)25-13-17(19(27)14-25)12-16-2-7-23-8-3-16;;/h2-3,6-8,11,17-19,24,27H,4-5,9-10,12-14H2,1H3;2*1H/t17-,19+;;/m1../s1. The zero-order valence-electron chi connectivity index (χ0n) is 17.6. The Labute approximate surface area is 194 Å². The number of rotatable bonds is 4. The summed E-state index contributed by atoms with van der Waals surface area (Å²) in [6.45, 7) is 4.27. The summed E-state index contributed by atoms with van der Waals surface area (Å²) >= 11 is 0. The number of hydrogen-bond acceptors (Lipinski definition) is 5. The molecule has 4 rings (SSSR count). The van der Waals surface area contributed by atoms with Crippen molar-refractivity contribution in [3.8, 4) is 0 Å². The molecule has 2 aliphatic rings. The van der Waals surface area contributed by atoms with Crippen LogP contribution in [-0.4, -0.2) is 57.7 Å². The summed E-state index contributed by atoms with van der Waals surface area (Å²) in [7, 11) is 0. The molecule has 4 heterocycles. The van der Waals surface area contributed by atoms with Crippen molar-refractivity contribution >= 4 is 30.7 Å². The van der Waals surface area contributed by atoms with Crippen molar-refractivity contribution in [1.82, 2.24) is 19.8 Å². The number of aliphatic hydroxyl groups is 1. The highest BCUT2D eigenvalue weighted by molar-refractivity contribution is 5.95. The summed E-state index contributed by atoms with van der Waals surface area (Å²) in [5, 5.41) is 13.8. The van der Waals surface area contributed by atoms with Crippen molar-refractivity contribution in [3.05, 3.63) is 63.8 Å². The van der Waals surface area contributed by atoms with Crippen molar-refractivity contribution in [2.45, 2.75) is 38.3 Å². The van der Waals surface area contributed by atoms with Gasteiger partial charge in [-0.3, -0.25) is 14.6 Å². The van der Waals surface area contributed by atoms with E-state index in [2.05, 4.69) is 10.3 Å². The lowest BCUT2D eigenvalue weighted by Gasteiger charge is -2.26. The van der Waals surface area contributed by atoms with Crippen LogP contribution in [0.5, 0.6) is 0 Å². The molecule has 2 aromatic heterocycles. The molecule has 0 bridgehead atoms. The Hall–Kier alpha value is -1.93. The number of carbonyl (C=O) groups is 1. The first kappa shape index (κ1) is 25.3. The number of nitrogens with zero attached hydrogens (tertiary/aromatic N) is 3. The third-order valence-corrected chi connectivity index (χ3v) is 6.18. The SMILES string of the molecule is Cc1ccn(C2CCNCC2)c(=O)c1C(=O)N1C[C@@H](Cc2ccncc2)[C@@H](O)C1.Cl.Cl. The number of β-amino-alcohol motifs (C(OH)–C–C–N with tert-alkyl or cyclic N) is 1. The molecule has 0 spiro atoms. The molecule has 2 aliphatic heterocycles. The zero-order valence-corrected chi connectivity index (χ0v) is 19.2. The number of likely N-dealkylation sites (tertiary alicyclic amines) is 1. The molecule has 31 heavy (non-hydrogen) atoms. The fourth-order valence-electron chi connectivity index (χ4n) is 4.47. The van der Waals surface area contributed by atoms with Gasteiger partial charge in [-0.25, -0.2) is 0 Å². The van der Waals surface area contributed by atoms with Crippen LogP contribution < -0.4 is 10.9 Å². The number of pyridine rings is 2. The number of carbonyl (C=O) groups excluding carboxylic acids is 1. The zero-order chi connectivity index (χ0) is 20.4. The molecule has 0 radical (unpaired) electrons. The topological polar surface area (TPSA) is 87.5 Å². The van der Waals surface area contributed by atoms with Gasteiger partial charge in [-0.05, 0) is 68.6 Å². The number of aliphatic hydroxyl groups excluding tert-OH is 1. The van der Waals surface area contributed by atoms with Crippen LogP contribution in [0.2, 0.25) is 0 Å². The normalized spacial score (nSPS) is 21.3. The molecule has 2 fully saturated rings. The van der Waals surface area contributed by atoms with Gasteiger partial charge in [0, 0.05) is 43.6 Å². The molecule has 1 amide bonds. The largest absolute Gasteiger partial charge is 0.391 e. The number of amides is 1. The van der Waals surface area contributed by atoms with E-state index in [0.29, 0.717) is 18.5 Å². The Bertz CT molecular complexity index is 932. The predicted octanol–water partition coefficient (Wildman–Crippen LogP) is 2.00. The van der Waals surface area contributed by atoms with E-state index in [1.54, 1.807) is 21.9 Å². The maximum absolute atomic E-state index is 13.2. The fourth-order valence-corrected chi connectivity index (χ4v) is 4.47. The Balaban J connectivity index is 0.00000171. The van der Waals surface area contributed by atoms with E-state index in [-0.39, 0.29) is 60.3 Å². The first-order valence-corrected chi connectivity index (χ1v) is 10.3. The lowest BCUT2D eigenvalue weighted by molar-refractivity contribution is 0.0761. The van der Waals surface area contributed by atoms with E-state index in [1.165, 1.54) is 0 Å². The van der Waals surface area contributed by atoms with Crippen LogP contribution >= 0.6 is 24.8 Å². The second-order valence-corrected chi connectivity index (χ2v) is 8.16. The molecule has 0 unspecified atom stereocenters. The first-order valence-electron chi connectivity index (χ1n) is 10.3. The van der Waals surface area contributed by atoms with E-state index >= 15 is 0 Å². The fraction of sp³-hybridized carbons (Fsp3) is 0.500. The first-order chi connectivity index (χ1) is 14.0. The van der Waals surface area contributed by atoms with Crippen LogP contribution in [0.1, 0.15) is 40.4 Å². The van der Waals surface area contributed by atoms with Crippen molar-refractivity contribution in [2.75, 3.05) is 26.2 Å². The summed E-state index contributed by atoms with van der Waals surface area (Å²) in [6.07, 6.45) is 7.13. The second-order valence-electron chi connectivity index (χ2n) is 8.16. The Kier molecular flexibility index (Phi) is 9.06. The van der Waals surface area contributed by atoms with Crippen LogP contribution in [0.25, 0.3) is 0 Å². The molecule has 7 nitrogen and oxygen atoms in total. The number of piperidine rings is 1. The smallest absolute Gasteiger partial charge is 0.263 e. The van der Waals surface area contributed by atoms with Crippen molar-refractivity contribution < 1.29 is 9.90 Å². The second kappa shape index (κ2) is 11.1. The third-order valence-electron chi connectivity index (χ3n) is 6.18. The average Bonchev–Trinajstić information content (AvgIpc) is 3.10. The van der Waals surface area contributed by atoms with E-state index in [9.17, 15) is 14.7 Å². The molecule has 0 aromatic carbocycles. The van der Waals surface area contributed by atoms with Gasteiger partial charge >= 0.3 is 0 Å². The maximum Gasteiger partial charge on any atom is 0.263 e. The maximum atomic E-state index is 13.2. The highest BCUT2D eigenvalue weighted by Crippen LogP contribution is 2.24. The van der Waals surface area contributed by atoms with Crippen LogP contribution in [-0.2, 0) is 6.42 Å². The molecule has 2 saturated heterocycles. The minimum atomic E-state index is -0.595. The van der Waals surface area contributed by atoms with Gasteiger partial charge in [-0.15, -0.1) is 24.8 Å². The highest BCUT2D eigenvalue weighted by Gasteiger charge is 2.36. The van der Waals surface area contributed by atoms with Crippen LogP contribution in [0.4, 0.5) is 0 Å². The Morgan fingerprint density at radius 3 is 2.52 bits per heavy atom. The number of aromatic nitrogens is 2. The summed E-state index contributed by atoms with van der Waals surface area (Å²) in [4.78, 5) is 32.1. The molecule has 0 aliphatic carbocycles. The van der Waals surface area contributed by atoms with Crippen LogP contribution in [0.15, 0.2) is 41.6 Å². The van der Waals surface area contributed by atoms with Gasteiger partial charge in [-0.2, -0.15) is 0 Å². The number of aryl methyl sites for hydroxylation is 1. The predicted molar refractivity (Wildman–Crippen MR) is 124 cm³/mol. The highest BCUT2D eigenvalue weighted by atomic mass is 35.5. The quantitative estimate of drug-likeness (QED) is 0.716. The van der Waals surface area contributed by atoms with E-state index in [0.717, 1.165) is 31.5 Å². The molecular formula is C22H30Cl2N4O3. The summed E-state index contributed by atoms with van der Waals surface area (Å²) < 4.78 is 1.72. The number of hydrogen-bond donors (Lipinski definition) is 2. The summed E-state index contributed by atoms with van der Waals surface area (Å²) in [5.74, 6) is -0.316. The van der Waals surface area contributed by atoms with E-state index in [4.69, 9.17) is 0 Å². The Morgan fingerprint density at radius 2 is 1.84 bits per heavy atom. The molecular weight excluding hydrogens is 439 g/mol. The van der Waals surface area contributed by atoms with Gasteiger partial charge in [0.2, 0.25) is 0 Å². The monoisotopic (exact) mass is 468 g/mol.